The molecule has 0 aliphatic heterocycles. The van der Waals surface area contributed by atoms with Crippen LogP contribution in [0.1, 0.15) is 24.2 Å². The zero-order valence-electron chi connectivity index (χ0n) is 9.03. The Hall–Kier alpha value is -1.49. The molecule has 0 aliphatic rings. The van der Waals surface area contributed by atoms with E-state index in [0.29, 0.717) is 18.2 Å². The minimum atomic E-state index is -0.138. The van der Waals surface area contributed by atoms with E-state index in [2.05, 4.69) is 34.4 Å². The van der Waals surface area contributed by atoms with E-state index >= 15 is 0 Å². The van der Waals surface area contributed by atoms with E-state index in [4.69, 9.17) is 0 Å². The minimum absolute atomic E-state index is 0.138. The molecule has 15 heavy (non-hydrogen) atoms. The molecular weight excluding hydrogens is 192 g/mol. The van der Waals surface area contributed by atoms with Crippen LogP contribution in [0.2, 0.25) is 0 Å². The molecule has 0 unspecified atom stereocenters. The van der Waals surface area contributed by atoms with E-state index < -0.39 is 0 Å². The fraction of sp³-hybridized carbons (Fsp3) is 0.500. The van der Waals surface area contributed by atoms with Crippen molar-refractivity contribution in [3.05, 3.63) is 24.3 Å². The van der Waals surface area contributed by atoms with Crippen LogP contribution in [-0.4, -0.2) is 35.0 Å². The predicted octanol–water partition coefficient (Wildman–Crippen LogP) is 0.204. The van der Waals surface area contributed by atoms with Crippen LogP contribution < -0.4 is 10.6 Å². The van der Waals surface area contributed by atoms with Crippen molar-refractivity contribution in [3.8, 4) is 0 Å². The van der Waals surface area contributed by atoms with Crippen molar-refractivity contribution in [3.63, 3.8) is 0 Å². The van der Waals surface area contributed by atoms with Crippen molar-refractivity contribution in [2.45, 2.75) is 19.9 Å². The average molecular weight is 208 g/mol. The molecule has 0 atom stereocenters. The molecule has 5 nitrogen and oxygen atoms in total. The molecule has 0 bridgehead atoms. The Morgan fingerprint density at radius 2 is 2.00 bits per heavy atom. The van der Waals surface area contributed by atoms with E-state index in [1.807, 2.05) is 0 Å². The van der Waals surface area contributed by atoms with Gasteiger partial charge < -0.3 is 10.6 Å². The standard InChI is InChI=1S/C10H16N4O/c1-8(2)13-3-4-14-10(15)9-5-11-7-12-6-9/h5-8,13H,3-4H2,1-2H3,(H,14,15). The van der Waals surface area contributed by atoms with Crippen LogP contribution in [0.3, 0.4) is 0 Å². The molecule has 1 aromatic rings. The van der Waals surface area contributed by atoms with Gasteiger partial charge in [-0.3, -0.25) is 4.79 Å². The third-order valence-electron chi connectivity index (χ3n) is 1.79. The number of carbonyl (C=O) groups excluding carboxylic acids is 1. The van der Waals surface area contributed by atoms with Crippen LogP contribution in [0.4, 0.5) is 0 Å². The second kappa shape index (κ2) is 6.08. The Balaban J connectivity index is 2.25. The van der Waals surface area contributed by atoms with Gasteiger partial charge in [-0.25, -0.2) is 9.97 Å². The van der Waals surface area contributed by atoms with Crippen LogP contribution in [-0.2, 0) is 0 Å². The average Bonchev–Trinajstić information content (AvgIpc) is 2.25. The Labute approximate surface area is 89.3 Å². The molecule has 0 saturated carbocycles. The quantitative estimate of drug-likeness (QED) is 0.679. The molecule has 1 aromatic heterocycles. The van der Waals surface area contributed by atoms with Gasteiger partial charge in [-0.15, -0.1) is 0 Å². The summed E-state index contributed by atoms with van der Waals surface area (Å²) < 4.78 is 0. The van der Waals surface area contributed by atoms with Gasteiger partial charge in [-0.05, 0) is 0 Å². The van der Waals surface area contributed by atoms with Crippen LogP contribution >= 0.6 is 0 Å². The van der Waals surface area contributed by atoms with Gasteiger partial charge in [0.25, 0.3) is 5.91 Å². The summed E-state index contributed by atoms with van der Waals surface area (Å²) in [6.07, 6.45) is 4.40. The molecule has 0 fully saturated rings. The van der Waals surface area contributed by atoms with Crippen molar-refractivity contribution < 1.29 is 4.79 Å². The zero-order valence-corrected chi connectivity index (χ0v) is 9.03. The molecule has 1 rings (SSSR count). The lowest BCUT2D eigenvalue weighted by molar-refractivity contribution is 0.0953. The number of nitrogens with zero attached hydrogens (tertiary/aromatic N) is 2. The first kappa shape index (κ1) is 11.6. The molecule has 82 valence electrons. The molecule has 0 aromatic carbocycles. The molecule has 5 heteroatoms. The largest absolute Gasteiger partial charge is 0.351 e. The first-order valence-corrected chi connectivity index (χ1v) is 4.96. The summed E-state index contributed by atoms with van der Waals surface area (Å²) in [5, 5.41) is 5.98. The summed E-state index contributed by atoms with van der Waals surface area (Å²) in [6, 6.07) is 0.432. The van der Waals surface area contributed by atoms with Crippen LogP contribution in [0.5, 0.6) is 0 Å². The molecule has 0 spiro atoms. The predicted molar refractivity (Wildman–Crippen MR) is 57.5 cm³/mol. The molecule has 0 saturated heterocycles. The second-order valence-electron chi connectivity index (χ2n) is 3.49. The summed E-state index contributed by atoms with van der Waals surface area (Å²) in [5.41, 5.74) is 0.488. The SMILES string of the molecule is CC(C)NCCNC(=O)c1cncnc1. The summed E-state index contributed by atoms with van der Waals surface area (Å²) in [5.74, 6) is -0.138. The minimum Gasteiger partial charge on any atom is -0.351 e. The maximum absolute atomic E-state index is 11.5. The van der Waals surface area contributed by atoms with Crippen molar-refractivity contribution in [2.24, 2.45) is 0 Å². The molecule has 2 N–H and O–H groups in total. The van der Waals surface area contributed by atoms with E-state index in [-0.39, 0.29) is 5.91 Å². The van der Waals surface area contributed by atoms with E-state index in [1.165, 1.54) is 18.7 Å². The Morgan fingerprint density at radius 1 is 1.33 bits per heavy atom. The Kier molecular flexibility index (Phi) is 4.70. The van der Waals surface area contributed by atoms with Crippen molar-refractivity contribution in [1.82, 2.24) is 20.6 Å². The molecule has 1 amide bonds. The monoisotopic (exact) mass is 208 g/mol. The van der Waals surface area contributed by atoms with Gasteiger partial charge in [0, 0.05) is 31.5 Å². The molecular formula is C10H16N4O. The van der Waals surface area contributed by atoms with Crippen LogP contribution in [0.25, 0.3) is 0 Å². The van der Waals surface area contributed by atoms with Gasteiger partial charge in [0.1, 0.15) is 6.33 Å². The van der Waals surface area contributed by atoms with Crippen LogP contribution in [0.15, 0.2) is 18.7 Å². The lowest BCUT2D eigenvalue weighted by Gasteiger charge is -2.08. The van der Waals surface area contributed by atoms with Gasteiger partial charge in [0.15, 0.2) is 0 Å². The summed E-state index contributed by atoms with van der Waals surface area (Å²) in [6.45, 7) is 5.49. The zero-order chi connectivity index (χ0) is 11.1. The molecule has 0 radical (unpaired) electrons. The van der Waals surface area contributed by atoms with Crippen molar-refractivity contribution in [1.29, 1.82) is 0 Å². The van der Waals surface area contributed by atoms with E-state index in [0.717, 1.165) is 6.54 Å². The van der Waals surface area contributed by atoms with Gasteiger partial charge in [0.05, 0.1) is 5.56 Å². The van der Waals surface area contributed by atoms with Gasteiger partial charge in [-0.2, -0.15) is 0 Å². The van der Waals surface area contributed by atoms with E-state index in [9.17, 15) is 4.79 Å². The number of amides is 1. The van der Waals surface area contributed by atoms with E-state index in [1.54, 1.807) is 0 Å². The topological polar surface area (TPSA) is 66.9 Å². The molecule has 1 heterocycles. The highest BCUT2D eigenvalue weighted by Crippen LogP contribution is 1.91. The van der Waals surface area contributed by atoms with Gasteiger partial charge >= 0.3 is 0 Å². The Bertz CT molecular complexity index is 300. The number of carbonyl (C=O) groups is 1. The lowest BCUT2D eigenvalue weighted by atomic mass is 10.3. The summed E-state index contributed by atoms with van der Waals surface area (Å²) in [4.78, 5) is 19.0. The first-order chi connectivity index (χ1) is 7.20. The van der Waals surface area contributed by atoms with Crippen LogP contribution in [0, 0.1) is 0 Å². The highest BCUT2D eigenvalue weighted by Gasteiger charge is 2.03. The van der Waals surface area contributed by atoms with Crippen molar-refractivity contribution in [2.75, 3.05) is 13.1 Å². The van der Waals surface area contributed by atoms with Crippen molar-refractivity contribution >= 4 is 5.91 Å². The third-order valence-corrected chi connectivity index (χ3v) is 1.79. The van der Waals surface area contributed by atoms with Gasteiger partial charge in [-0.1, -0.05) is 13.8 Å². The normalized spacial score (nSPS) is 10.3. The smallest absolute Gasteiger partial charge is 0.254 e. The highest BCUT2D eigenvalue weighted by molar-refractivity contribution is 5.93. The maximum Gasteiger partial charge on any atom is 0.254 e. The number of aromatic nitrogens is 2. The number of nitrogens with one attached hydrogen (secondary N) is 2. The highest BCUT2D eigenvalue weighted by atomic mass is 16.1. The Morgan fingerprint density at radius 3 is 2.60 bits per heavy atom. The number of rotatable bonds is 5. The third kappa shape index (κ3) is 4.51. The second-order valence-corrected chi connectivity index (χ2v) is 3.49. The fourth-order valence-corrected chi connectivity index (χ4v) is 1.06. The summed E-state index contributed by atoms with van der Waals surface area (Å²) >= 11 is 0. The lowest BCUT2D eigenvalue weighted by Crippen LogP contribution is -2.34. The molecule has 0 aliphatic carbocycles. The fourth-order valence-electron chi connectivity index (χ4n) is 1.06. The first-order valence-electron chi connectivity index (χ1n) is 4.96. The maximum atomic E-state index is 11.5. The van der Waals surface area contributed by atoms with Gasteiger partial charge in [0.2, 0.25) is 0 Å². The summed E-state index contributed by atoms with van der Waals surface area (Å²) in [7, 11) is 0. The number of hydrogen-bond acceptors (Lipinski definition) is 4. The number of hydrogen-bond donors (Lipinski definition) is 2.